The Morgan fingerprint density at radius 3 is 1.83 bits per heavy atom. The molecule has 0 spiro atoms. The Bertz CT molecular complexity index is 546. The minimum Gasteiger partial charge on any atom is -0.361 e. The maximum Gasteiger partial charge on any atom is 0.186 e. The van der Waals surface area contributed by atoms with Crippen molar-refractivity contribution in [3.63, 3.8) is 0 Å². The van der Waals surface area contributed by atoms with Crippen molar-refractivity contribution in [2.24, 2.45) is 5.10 Å². The Hall–Kier alpha value is -1.13. The van der Waals surface area contributed by atoms with Gasteiger partial charge in [0.05, 0.1) is 6.21 Å². The highest BCUT2D eigenvalue weighted by molar-refractivity contribution is 7.80. The van der Waals surface area contributed by atoms with Crippen molar-refractivity contribution >= 4 is 35.1 Å². The number of halogens is 1. The van der Waals surface area contributed by atoms with E-state index in [1.54, 1.807) is 6.21 Å². The number of hydrogen-bond acceptors (Lipinski definition) is 2. The second-order valence-corrected chi connectivity index (χ2v) is 8.62. The van der Waals surface area contributed by atoms with E-state index in [1.165, 1.54) is 83.5 Å². The van der Waals surface area contributed by atoms with Crippen LogP contribution in [0.3, 0.4) is 0 Å². The van der Waals surface area contributed by atoms with E-state index in [4.69, 9.17) is 23.8 Å². The number of hydrazone groups is 1. The van der Waals surface area contributed by atoms with Crippen LogP contribution >= 0.6 is 23.8 Å². The molecule has 0 radical (unpaired) electrons. The molecule has 0 fully saturated rings. The molecule has 0 aliphatic rings. The maximum absolute atomic E-state index is 5.86. The zero-order valence-corrected chi connectivity index (χ0v) is 19.8. The molecule has 0 amide bonds. The summed E-state index contributed by atoms with van der Waals surface area (Å²) < 4.78 is 0. The molecule has 1 rings (SSSR count). The smallest absolute Gasteiger partial charge is 0.186 e. The van der Waals surface area contributed by atoms with Gasteiger partial charge in [-0.15, -0.1) is 0 Å². The molecule has 0 aliphatic heterocycles. The zero-order valence-electron chi connectivity index (χ0n) is 18.2. The van der Waals surface area contributed by atoms with Crippen molar-refractivity contribution < 1.29 is 0 Å². The molecule has 0 saturated carbocycles. The Labute approximate surface area is 189 Å². The molecule has 0 bridgehead atoms. The molecule has 0 heterocycles. The first-order valence-electron chi connectivity index (χ1n) is 11.5. The lowest BCUT2D eigenvalue weighted by molar-refractivity contribution is 0.535. The monoisotopic (exact) mass is 437 g/mol. The van der Waals surface area contributed by atoms with Gasteiger partial charge < -0.3 is 5.32 Å². The second kappa shape index (κ2) is 18.9. The van der Waals surface area contributed by atoms with E-state index in [2.05, 4.69) is 22.8 Å². The lowest BCUT2D eigenvalue weighted by Crippen LogP contribution is -2.32. The van der Waals surface area contributed by atoms with Crippen LogP contribution < -0.4 is 10.7 Å². The molecular formula is C24H40ClN3S. The van der Waals surface area contributed by atoms with Crippen LogP contribution in [0.15, 0.2) is 29.4 Å². The third-order valence-electron chi connectivity index (χ3n) is 5.07. The van der Waals surface area contributed by atoms with Gasteiger partial charge in [0, 0.05) is 11.6 Å². The van der Waals surface area contributed by atoms with Crippen molar-refractivity contribution in [1.29, 1.82) is 0 Å². The van der Waals surface area contributed by atoms with Gasteiger partial charge in [-0.05, 0) is 36.3 Å². The van der Waals surface area contributed by atoms with Crippen LogP contribution in [0, 0.1) is 0 Å². The van der Waals surface area contributed by atoms with Gasteiger partial charge in [0.15, 0.2) is 5.11 Å². The first-order chi connectivity index (χ1) is 14.2. The highest BCUT2D eigenvalue weighted by Crippen LogP contribution is 2.12. The first kappa shape index (κ1) is 25.9. The molecule has 0 saturated heterocycles. The van der Waals surface area contributed by atoms with Crippen molar-refractivity contribution in [1.82, 2.24) is 10.7 Å². The number of rotatable bonds is 17. The van der Waals surface area contributed by atoms with E-state index >= 15 is 0 Å². The van der Waals surface area contributed by atoms with E-state index in [9.17, 15) is 0 Å². The average Bonchev–Trinajstić information content (AvgIpc) is 2.72. The molecule has 1 aromatic carbocycles. The van der Waals surface area contributed by atoms with Gasteiger partial charge in [-0.2, -0.15) is 5.10 Å². The molecule has 0 aromatic heterocycles. The summed E-state index contributed by atoms with van der Waals surface area (Å²) in [7, 11) is 0. The zero-order chi connectivity index (χ0) is 21.0. The first-order valence-corrected chi connectivity index (χ1v) is 12.3. The van der Waals surface area contributed by atoms with Gasteiger partial charge >= 0.3 is 0 Å². The van der Waals surface area contributed by atoms with Crippen LogP contribution in [-0.4, -0.2) is 17.9 Å². The number of nitrogens with zero attached hydrogens (tertiary/aromatic N) is 1. The highest BCUT2D eigenvalue weighted by Gasteiger charge is 1.96. The van der Waals surface area contributed by atoms with Gasteiger partial charge in [0.2, 0.25) is 0 Å². The van der Waals surface area contributed by atoms with Gasteiger partial charge in [-0.1, -0.05) is 114 Å². The fourth-order valence-corrected chi connectivity index (χ4v) is 3.56. The normalized spacial score (nSPS) is 11.1. The maximum atomic E-state index is 5.86. The standard InChI is InChI=1S/C24H40ClN3S/c1-2-3-4-5-6-7-8-9-10-11-12-13-14-15-20-26-24(29)28-27-21-22-16-18-23(25)19-17-22/h16-19,21H,2-15,20H2,1H3,(H2,26,28,29). The minimum absolute atomic E-state index is 0.574. The van der Waals surface area contributed by atoms with E-state index in [-0.39, 0.29) is 0 Å². The number of nitrogens with one attached hydrogen (secondary N) is 2. The molecular weight excluding hydrogens is 398 g/mol. The summed E-state index contributed by atoms with van der Waals surface area (Å²) >= 11 is 11.1. The summed E-state index contributed by atoms with van der Waals surface area (Å²) in [6.45, 7) is 3.18. The minimum atomic E-state index is 0.574. The Balaban J connectivity index is 1.83. The molecule has 29 heavy (non-hydrogen) atoms. The van der Waals surface area contributed by atoms with E-state index in [0.29, 0.717) is 5.11 Å². The predicted octanol–water partition coefficient (Wildman–Crippen LogP) is 7.62. The Morgan fingerprint density at radius 1 is 0.828 bits per heavy atom. The lowest BCUT2D eigenvalue weighted by Gasteiger charge is -2.07. The number of unbranched alkanes of at least 4 members (excludes halogenated alkanes) is 13. The molecule has 164 valence electrons. The second-order valence-electron chi connectivity index (χ2n) is 7.77. The van der Waals surface area contributed by atoms with E-state index in [1.807, 2.05) is 24.3 Å². The molecule has 3 nitrogen and oxygen atoms in total. The molecule has 2 N–H and O–H groups in total. The van der Waals surface area contributed by atoms with Crippen molar-refractivity contribution in [2.45, 2.75) is 96.8 Å². The van der Waals surface area contributed by atoms with Crippen molar-refractivity contribution in [3.05, 3.63) is 34.9 Å². The number of hydrogen-bond donors (Lipinski definition) is 2. The molecule has 0 atom stereocenters. The third-order valence-corrected chi connectivity index (χ3v) is 5.55. The molecule has 1 aromatic rings. The van der Waals surface area contributed by atoms with Crippen molar-refractivity contribution in [2.75, 3.05) is 6.54 Å². The van der Waals surface area contributed by atoms with Gasteiger partial charge in [0.1, 0.15) is 0 Å². The van der Waals surface area contributed by atoms with E-state index < -0.39 is 0 Å². The van der Waals surface area contributed by atoms with Crippen molar-refractivity contribution in [3.8, 4) is 0 Å². The van der Waals surface area contributed by atoms with Gasteiger partial charge in [-0.3, -0.25) is 5.43 Å². The molecule has 5 heteroatoms. The van der Waals surface area contributed by atoms with Crippen LogP contribution in [-0.2, 0) is 0 Å². The quantitative estimate of drug-likeness (QED) is 0.114. The topological polar surface area (TPSA) is 36.4 Å². The summed E-state index contributed by atoms with van der Waals surface area (Å²) in [5, 5.41) is 8.64. The largest absolute Gasteiger partial charge is 0.361 e. The fraction of sp³-hybridized carbons (Fsp3) is 0.667. The lowest BCUT2D eigenvalue weighted by atomic mass is 10.0. The number of thiocarbonyl (C=S) groups is 1. The van der Waals surface area contributed by atoms with Crippen LogP contribution in [0.2, 0.25) is 5.02 Å². The molecule has 0 aliphatic carbocycles. The van der Waals surface area contributed by atoms with Crippen LogP contribution in [0.5, 0.6) is 0 Å². The predicted molar refractivity (Wildman–Crippen MR) is 133 cm³/mol. The van der Waals surface area contributed by atoms with Crippen LogP contribution in [0.1, 0.15) is 102 Å². The van der Waals surface area contributed by atoms with Crippen LogP contribution in [0.25, 0.3) is 0 Å². The molecule has 0 unspecified atom stereocenters. The van der Waals surface area contributed by atoms with E-state index in [0.717, 1.165) is 23.6 Å². The fourth-order valence-electron chi connectivity index (χ4n) is 3.28. The summed E-state index contributed by atoms with van der Waals surface area (Å²) in [6.07, 6.45) is 21.0. The van der Waals surface area contributed by atoms with Gasteiger partial charge in [0.25, 0.3) is 0 Å². The number of benzene rings is 1. The summed E-state index contributed by atoms with van der Waals surface area (Å²) in [5.74, 6) is 0. The highest BCUT2D eigenvalue weighted by atomic mass is 35.5. The van der Waals surface area contributed by atoms with Gasteiger partial charge in [-0.25, -0.2) is 0 Å². The summed E-state index contributed by atoms with van der Waals surface area (Å²) in [5.41, 5.74) is 3.84. The summed E-state index contributed by atoms with van der Waals surface area (Å²) in [6, 6.07) is 7.52. The summed E-state index contributed by atoms with van der Waals surface area (Å²) in [4.78, 5) is 0. The third kappa shape index (κ3) is 16.4. The average molecular weight is 438 g/mol. The Morgan fingerprint density at radius 2 is 1.31 bits per heavy atom. The SMILES string of the molecule is CCCCCCCCCCCCCCCCNC(=S)NN=Cc1ccc(Cl)cc1. The van der Waals surface area contributed by atoms with Crippen LogP contribution in [0.4, 0.5) is 0 Å². The Kier molecular flexibility index (Phi) is 16.9.